The number of rotatable bonds is 4. The van der Waals surface area contributed by atoms with Crippen LogP contribution in [0.5, 0.6) is 0 Å². The number of nitrogens with one attached hydrogen (secondary N) is 1. The Morgan fingerprint density at radius 3 is 2.22 bits per heavy atom. The molecule has 0 spiro atoms. The van der Waals surface area contributed by atoms with Crippen molar-refractivity contribution in [2.75, 3.05) is 6.54 Å². The maximum atomic E-state index is 11.9. The second kappa shape index (κ2) is 5.01. The van der Waals surface area contributed by atoms with Crippen molar-refractivity contribution in [3.05, 3.63) is 32.7 Å². The molecular formula is C12H11Br2NO3. The molecule has 0 aromatic heterocycles. The summed E-state index contributed by atoms with van der Waals surface area (Å²) in [5.74, 6) is -1.09. The third-order valence-electron chi connectivity index (χ3n) is 3.02. The minimum atomic E-state index is -0.835. The van der Waals surface area contributed by atoms with Crippen molar-refractivity contribution in [1.82, 2.24) is 5.32 Å². The number of carboxylic acid groups (broad SMARTS) is 1. The van der Waals surface area contributed by atoms with Crippen LogP contribution in [-0.4, -0.2) is 23.5 Å². The number of benzene rings is 1. The van der Waals surface area contributed by atoms with Crippen molar-refractivity contribution in [2.45, 2.75) is 12.8 Å². The summed E-state index contributed by atoms with van der Waals surface area (Å²) in [7, 11) is 0. The van der Waals surface area contributed by atoms with Gasteiger partial charge in [0.1, 0.15) is 0 Å². The molecule has 1 aromatic rings. The average Bonchev–Trinajstić information content (AvgIpc) is 3.05. The van der Waals surface area contributed by atoms with E-state index in [4.69, 9.17) is 5.11 Å². The van der Waals surface area contributed by atoms with Gasteiger partial charge in [-0.1, -0.05) is 31.9 Å². The molecule has 0 bridgehead atoms. The van der Waals surface area contributed by atoms with Crippen molar-refractivity contribution in [3.8, 4) is 0 Å². The van der Waals surface area contributed by atoms with E-state index in [2.05, 4.69) is 37.2 Å². The van der Waals surface area contributed by atoms with Gasteiger partial charge < -0.3 is 10.4 Å². The predicted octanol–water partition coefficient (Wildman–Crippen LogP) is 2.81. The highest BCUT2D eigenvalue weighted by atomic mass is 79.9. The van der Waals surface area contributed by atoms with Crippen molar-refractivity contribution in [2.24, 2.45) is 5.41 Å². The summed E-state index contributed by atoms with van der Waals surface area (Å²) >= 11 is 6.61. The Morgan fingerprint density at radius 2 is 1.78 bits per heavy atom. The molecular weight excluding hydrogens is 366 g/mol. The number of halogens is 2. The summed E-state index contributed by atoms with van der Waals surface area (Å²) in [6.07, 6.45) is 1.26. The molecule has 0 heterocycles. The van der Waals surface area contributed by atoms with Crippen molar-refractivity contribution in [1.29, 1.82) is 0 Å². The fourth-order valence-corrected chi connectivity index (χ4v) is 2.95. The lowest BCUT2D eigenvalue weighted by molar-refractivity contribution is -0.143. The van der Waals surface area contributed by atoms with Gasteiger partial charge in [-0.3, -0.25) is 9.59 Å². The molecule has 1 saturated carbocycles. The molecule has 2 N–H and O–H groups in total. The van der Waals surface area contributed by atoms with E-state index < -0.39 is 11.4 Å². The quantitative estimate of drug-likeness (QED) is 0.849. The summed E-state index contributed by atoms with van der Waals surface area (Å²) < 4.78 is 1.59. The topological polar surface area (TPSA) is 66.4 Å². The first-order chi connectivity index (χ1) is 8.43. The van der Waals surface area contributed by atoms with Crippen LogP contribution in [0.1, 0.15) is 23.2 Å². The van der Waals surface area contributed by atoms with Gasteiger partial charge in [-0.05, 0) is 31.0 Å². The Labute approximate surface area is 121 Å². The zero-order chi connectivity index (χ0) is 13.3. The molecule has 6 heteroatoms. The van der Waals surface area contributed by atoms with Gasteiger partial charge in [0.25, 0.3) is 5.91 Å². The first-order valence-corrected chi connectivity index (χ1v) is 6.99. The standard InChI is InChI=1S/C12H11Br2NO3/c13-8-3-7(4-9(14)5-8)10(16)15-6-12(1-2-12)11(17)18/h3-5H,1-2,6H2,(H,15,16)(H,17,18). The van der Waals surface area contributed by atoms with Crippen LogP contribution in [0.3, 0.4) is 0 Å². The van der Waals surface area contributed by atoms with Gasteiger partial charge in [0.2, 0.25) is 0 Å². The van der Waals surface area contributed by atoms with E-state index >= 15 is 0 Å². The first-order valence-electron chi connectivity index (χ1n) is 5.41. The third-order valence-corrected chi connectivity index (χ3v) is 3.93. The molecule has 1 aromatic carbocycles. The van der Waals surface area contributed by atoms with Crippen molar-refractivity contribution >= 4 is 43.7 Å². The van der Waals surface area contributed by atoms with Crippen molar-refractivity contribution < 1.29 is 14.7 Å². The minimum Gasteiger partial charge on any atom is -0.481 e. The van der Waals surface area contributed by atoms with E-state index in [1.807, 2.05) is 6.07 Å². The first kappa shape index (κ1) is 13.5. The van der Waals surface area contributed by atoms with E-state index in [0.29, 0.717) is 18.4 Å². The number of carboxylic acids is 1. The van der Waals surface area contributed by atoms with Crippen LogP contribution < -0.4 is 5.32 Å². The van der Waals surface area contributed by atoms with Gasteiger partial charge in [0.05, 0.1) is 5.41 Å². The fraction of sp³-hybridized carbons (Fsp3) is 0.333. The number of hydrogen-bond acceptors (Lipinski definition) is 2. The lowest BCUT2D eigenvalue weighted by atomic mass is 10.1. The third kappa shape index (κ3) is 2.92. The fourth-order valence-electron chi connectivity index (χ4n) is 1.65. The van der Waals surface area contributed by atoms with E-state index in [0.717, 1.165) is 8.95 Å². The molecule has 4 nitrogen and oxygen atoms in total. The molecule has 0 radical (unpaired) electrons. The lowest BCUT2D eigenvalue weighted by Gasteiger charge is -2.11. The smallest absolute Gasteiger partial charge is 0.311 e. The second-order valence-electron chi connectivity index (χ2n) is 4.43. The van der Waals surface area contributed by atoms with Crippen molar-refractivity contribution in [3.63, 3.8) is 0 Å². The Kier molecular flexibility index (Phi) is 3.77. The lowest BCUT2D eigenvalue weighted by Crippen LogP contribution is -2.34. The van der Waals surface area contributed by atoms with Crippen LogP contribution >= 0.6 is 31.9 Å². The summed E-state index contributed by atoms with van der Waals surface area (Å²) in [5, 5.41) is 11.7. The van der Waals surface area contributed by atoms with Crippen LogP contribution in [-0.2, 0) is 4.79 Å². The van der Waals surface area contributed by atoms with Gasteiger partial charge in [0.15, 0.2) is 0 Å². The molecule has 1 amide bonds. The molecule has 1 aliphatic carbocycles. The van der Waals surface area contributed by atoms with Crippen LogP contribution in [0.2, 0.25) is 0 Å². The van der Waals surface area contributed by atoms with E-state index in [1.54, 1.807) is 12.1 Å². The van der Waals surface area contributed by atoms with Crippen LogP contribution in [0.25, 0.3) is 0 Å². The SMILES string of the molecule is O=C(NCC1(C(=O)O)CC1)c1cc(Br)cc(Br)c1. The summed E-state index contributed by atoms with van der Waals surface area (Å²) in [6, 6.07) is 5.22. The molecule has 2 rings (SSSR count). The van der Waals surface area contributed by atoms with Gasteiger partial charge in [0, 0.05) is 21.1 Å². The van der Waals surface area contributed by atoms with Crippen LogP contribution in [0.15, 0.2) is 27.1 Å². The molecule has 96 valence electrons. The summed E-state index contributed by atoms with van der Waals surface area (Å²) in [5.41, 5.74) is -0.240. The Hall–Kier alpha value is -0.880. The Balaban J connectivity index is 2.02. The van der Waals surface area contributed by atoms with Gasteiger partial charge >= 0.3 is 5.97 Å². The second-order valence-corrected chi connectivity index (χ2v) is 6.26. The normalized spacial score (nSPS) is 16.1. The zero-order valence-corrected chi connectivity index (χ0v) is 12.5. The van der Waals surface area contributed by atoms with Gasteiger partial charge in [-0.25, -0.2) is 0 Å². The summed E-state index contributed by atoms with van der Waals surface area (Å²) in [6.45, 7) is 0.186. The van der Waals surface area contributed by atoms with E-state index in [1.165, 1.54) is 0 Å². The monoisotopic (exact) mass is 375 g/mol. The highest BCUT2D eigenvalue weighted by Gasteiger charge is 2.50. The summed E-state index contributed by atoms with van der Waals surface area (Å²) in [4.78, 5) is 22.9. The maximum absolute atomic E-state index is 11.9. The van der Waals surface area contributed by atoms with E-state index in [9.17, 15) is 9.59 Å². The van der Waals surface area contributed by atoms with Gasteiger partial charge in [-0.15, -0.1) is 0 Å². The number of carbonyl (C=O) groups is 2. The number of hydrogen-bond donors (Lipinski definition) is 2. The molecule has 1 aliphatic rings. The average molecular weight is 377 g/mol. The maximum Gasteiger partial charge on any atom is 0.311 e. The minimum absolute atomic E-state index is 0.186. The predicted molar refractivity (Wildman–Crippen MR) is 73.5 cm³/mol. The molecule has 1 fully saturated rings. The number of amides is 1. The van der Waals surface area contributed by atoms with Crippen LogP contribution in [0.4, 0.5) is 0 Å². The largest absolute Gasteiger partial charge is 0.481 e. The zero-order valence-electron chi connectivity index (χ0n) is 9.37. The molecule has 0 saturated heterocycles. The number of carbonyl (C=O) groups excluding carboxylic acids is 1. The number of aliphatic carboxylic acids is 1. The van der Waals surface area contributed by atoms with Crippen LogP contribution in [0, 0.1) is 5.41 Å². The molecule has 0 unspecified atom stereocenters. The van der Waals surface area contributed by atoms with Gasteiger partial charge in [-0.2, -0.15) is 0 Å². The Morgan fingerprint density at radius 1 is 1.22 bits per heavy atom. The molecule has 18 heavy (non-hydrogen) atoms. The van der Waals surface area contributed by atoms with E-state index in [-0.39, 0.29) is 12.5 Å². The Bertz CT molecular complexity index is 492. The highest BCUT2D eigenvalue weighted by molar-refractivity contribution is 9.11. The molecule has 0 aliphatic heterocycles. The molecule has 0 atom stereocenters. The highest BCUT2D eigenvalue weighted by Crippen LogP contribution is 2.45.